The third-order valence-electron chi connectivity index (χ3n) is 3.30. The van der Waals surface area contributed by atoms with Crippen molar-refractivity contribution in [1.82, 2.24) is 0 Å². The maximum Gasteiger partial charge on any atom is 0.384 e. The van der Waals surface area contributed by atoms with Crippen molar-refractivity contribution in [2.75, 3.05) is 4.90 Å². The number of rotatable bonds is 2. The fourth-order valence-electron chi connectivity index (χ4n) is 2.25. The van der Waals surface area contributed by atoms with E-state index in [0.29, 0.717) is 18.5 Å². The predicted molar refractivity (Wildman–Crippen MR) is 62.7 cm³/mol. The SMILES string of the molecule is CC1CCc2ccccc2N1C(=O)C(F)(F)C(F)F. The van der Waals surface area contributed by atoms with Crippen LogP contribution in [0.3, 0.4) is 0 Å². The second-order valence-corrected chi connectivity index (χ2v) is 4.62. The van der Waals surface area contributed by atoms with Gasteiger partial charge in [-0.2, -0.15) is 8.78 Å². The Bertz CT molecular complexity index is 489. The zero-order valence-electron chi connectivity index (χ0n) is 10.2. The van der Waals surface area contributed by atoms with Crippen LogP contribution in [0, 0.1) is 0 Å². The molecule has 104 valence electrons. The molecule has 0 aromatic heterocycles. The molecule has 1 aliphatic heterocycles. The molecule has 0 bridgehead atoms. The van der Waals surface area contributed by atoms with Crippen LogP contribution in [0.1, 0.15) is 18.9 Å². The molecule has 1 aromatic rings. The summed E-state index contributed by atoms with van der Waals surface area (Å²) in [6, 6.07) is 6.01. The van der Waals surface area contributed by atoms with E-state index in [1.54, 1.807) is 25.1 Å². The van der Waals surface area contributed by atoms with Gasteiger partial charge in [-0.1, -0.05) is 18.2 Å². The van der Waals surface area contributed by atoms with Crippen LogP contribution >= 0.6 is 0 Å². The monoisotopic (exact) mass is 275 g/mol. The van der Waals surface area contributed by atoms with E-state index in [0.717, 1.165) is 10.5 Å². The Hall–Kier alpha value is -1.59. The number of amides is 1. The highest BCUT2D eigenvalue weighted by Gasteiger charge is 2.52. The molecule has 1 aliphatic rings. The van der Waals surface area contributed by atoms with Crippen LogP contribution in [0.5, 0.6) is 0 Å². The Morgan fingerprint density at radius 2 is 2.00 bits per heavy atom. The van der Waals surface area contributed by atoms with Crippen LogP contribution in [-0.2, 0) is 11.2 Å². The number of aryl methyl sites for hydroxylation is 1. The van der Waals surface area contributed by atoms with Gasteiger partial charge in [-0.25, -0.2) is 8.78 Å². The smallest absolute Gasteiger partial charge is 0.304 e. The number of halogens is 4. The Morgan fingerprint density at radius 3 is 2.63 bits per heavy atom. The zero-order valence-corrected chi connectivity index (χ0v) is 10.2. The van der Waals surface area contributed by atoms with Crippen molar-refractivity contribution < 1.29 is 22.4 Å². The number of hydrogen-bond donors (Lipinski definition) is 0. The Labute approximate surface area is 108 Å². The van der Waals surface area contributed by atoms with E-state index in [9.17, 15) is 22.4 Å². The molecule has 1 unspecified atom stereocenters. The summed E-state index contributed by atoms with van der Waals surface area (Å²) >= 11 is 0. The molecule has 1 atom stereocenters. The largest absolute Gasteiger partial charge is 0.384 e. The van der Waals surface area contributed by atoms with Gasteiger partial charge in [0.05, 0.1) is 0 Å². The number of para-hydroxylation sites is 1. The Morgan fingerprint density at radius 1 is 1.37 bits per heavy atom. The molecule has 1 amide bonds. The van der Waals surface area contributed by atoms with Crippen LogP contribution < -0.4 is 4.90 Å². The first-order chi connectivity index (χ1) is 8.85. The van der Waals surface area contributed by atoms with Crippen molar-refractivity contribution in [3.63, 3.8) is 0 Å². The van der Waals surface area contributed by atoms with E-state index < -0.39 is 24.3 Å². The van der Waals surface area contributed by atoms with Crippen LogP contribution in [-0.4, -0.2) is 24.3 Å². The van der Waals surface area contributed by atoms with Crippen molar-refractivity contribution in [1.29, 1.82) is 0 Å². The summed E-state index contributed by atoms with van der Waals surface area (Å²) < 4.78 is 51.1. The van der Waals surface area contributed by atoms with Gasteiger partial charge >= 0.3 is 18.3 Å². The minimum absolute atomic E-state index is 0.298. The second kappa shape index (κ2) is 4.83. The lowest BCUT2D eigenvalue weighted by Gasteiger charge is -2.36. The minimum atomic E-state index is -4.65. The quantitative estimate of drug-likeness (QED) is 0.759. The van der Waals surface area contributed by atoms with Gasteiger partial charge in [-0.15, -0.1) is 0 Å². The number of fused-ring (bicyclic) bond motifs is 1. The summed E-state index contributed by atoms with van der Waals surface area (Å²) in [5.74, 6) is -6.49. The average molecular weight is 275 g/mol. The molecule has 2 rings (SSSR count). The highest BCUT2D eigenvalue weighted by Crippen LogP contribution is 2.35. The number of carbonyl (C=O) groups excluding carboxylic acids is 1. The summed E-state index contributed by atoms with van der Waals surface area (Å²) in [6.07, 6.45) is -2.88. The fourth-order valence-corrected chi connectivity index (χ4v) is 2.25. The van der Waals surface area contributed by atoms with Crippen LogP contribution in [0.25, 0.3) is 0 Å². The number of hydrogen-bond acceptors (Lipinski definition) is 1. The first-order valence-corrected chi connectivity index (χ1v) is 5.93. The maximum atomic E-state index is 13.3. The standard InChI is InChI=1S/C13H13F4NO/c1-8-6-7-9-4-2-3-5-10(9)18(8)12(19)13(16,17)11(14)15/h2-5,8,11H,6-7H2,1H3. The topological polar surface area (TPSA) is 20.3 Å². The van der Waals surface area contributed by atoms with E-state index in [1.165, 1.54) is 6.07 Å². The molecule has 0 N–H and O–H groups in total. The molecule has 0 saturated heterocycles. The molecule has 0 fully saturated rings. The second-order valence-electron chi connectivity index (χ2n) is 4.62. The zero-order chi connectivity index (χ0) is 14.2. The summed E-state index contributed by atoms with van der Waals surface area (Å²) in [5, 5.41) is 0. The third-order valence-corrected chi connectivity index (χ3v) is 3.30. The number of nitrogens with zero attached hydrogens (tertiary/aromatic N) is 1. The molecule has 19 heavy (non-hydrogen) atoms. The van der Waals surface area contributed by atoms with Crippen molar-refractivity contribution in [3.05, 3.63) is 29.8 Å². The first-order valence-electron chi connectivity index (χ1n) is 5.93. The summed E-state index contributed by atoms with van der Waals surface area (Å²) in [6.45, 7) is 1.58. The van der Waals surface area contributed by atoms with Gasteiger partial charge in [-0.3, -0.25) is 4.79 Å². The first kappa shape index (κ1) is 13.8. The number of benzene rings is 1. The van der Waals surface area contributed by atoms with E-state index in [1.807, 2.05) is 0 Å². The van der Waals surface area contributed by atoms with E-state index in [2.05, 4.69) is 0 Å². The summed E-state index contributed by atoms with van der Waals surface area (Å²) in [5.41, 5.74) is 1.02. The van der Waals surface area contributed by atoms with E-state index in [4.69, 9.17) is 0 Å². The average Bonchev–Trinajstić information content (AvgIpc) is 2.37. The molecule has 1 heterocycles. The lowest BCUT2D eigenvalue weighted by atomic mass is 9.96. The molecular formula is C13H13F4NO. The molecule has 0 radical (unpaired) electrons. The summed E-state index contributed by atoms with van der Waals surface area (Å²) in [7, 11) is 0. The molecule has 0 saturated carbocycles. The van der Waals surface area contributed by atoms with Crippen LogP contribution in [0.4, 0.5) is 23.2 Å². The van der Waals surface area contributed by atoms with Gasteiger partial charge in [0, 0.05) is 11.7 Å². The predicted octanol–water partition coefficient (Wildman–Crippen LogP) is 3.25. The molecule has 2 nitrogen and oxygen atoms in total. The van der Waals surface area contributed by atoms with Gasteiger partial charge in [0.15, 0.2) is 0 Å². The molecule has 0 spiro atoms. The van der Waals surface area contributed by atoms with E-state index >= 15 is 0 Å². The van der Waals surface area contributed by atoms with Crippen LogP contribution in [0.2, 0.25) is 0 Å². The highest BCUT2D eigenvalue weighted by molar-refractivity contribution is 6.00. The molecule has 0 aliphatic carbocycles. The maximum absolute atomic E-state index is 13.3. The lowest BCUT2D eigenvalue weighted by molar-refractivity contribution is -0.167. The van der Waals surface area contributed by atoms with Gasteiger partial charge in [-0.05, 0) is 31.4 Å². The van der Waals surface area contributed by atoms with Gasteiger partial charge in [0.1, 0.15) is 0 Å². The van der Waals surface area contributed by atoms with Crippen LogP contribution in [0.15, 0.2) is 24.3 Å². The van der Waals surface area contributed by atoms with Gasteiger partial charge in [0.25, 0.3) is 0 Å². The van der Waals surface area contributed by atoms with Crippen molar-refractivity contribution >= 4 is 11.6 Å². The van der Waals surface area contributed by atoms with E-state index in [-0.39, 0.29) is 0 Å². The van der Waals surface area contributed by atoms with Crippen molar-refractivity contribution in [3.8, 4) is 0 Å². The number of alkyl halides is 4. The van der Waals surface area contributed by atoms with Gasteiger partial charge in [0.2, 0.25) is 0 Å². The molecule has 1 aromatic carbocycles. The Balaban J connectivity index is 2.42. The van der Waals surface area contributed by atoms with Crippen molar-refractivity contribution in [2.24, 2.45) is 0 Å². The lowest BCUT2D eigenvalue weighted by Crippen LogP contribution is -2.52. The Kier molecular flexibility index (Phi) is 3.52. The number of anilines is 1. The highest BCUT2D eigenvalue weighted by atomic mass is 19.3. The third kappa shape index (κ3) is 2.31. The normalized spacial score (nSPS) is 19.5. The van der Waals surface area contributed by atoms with Gasteiger partial charge < -0.3 is 4.90 Å². The summed E-state index contributed by atoms with van der Waals surface area (Å²) in [4.78, 5) is 12.5. The minimum Gasteiger partial charge on any atom is -0.304 e. The van der Waals surface area contributed by atoms with Crippen molar-refractivity contribution in [2.45, 2.75) is 38.2 Å². The number of carbonyl (C=O) groups is 1. The fraction of sp³-hybridized carbons (Fsp3) is 0.462. The molecule has 6 heteroatoms. The molecular weight excluding hydrogens is 262 g/mol.